The Morgan fingerprint density at radius 1 is 0.229 bits per heavy atom. The Morgan fingerprint density at radius 2 is 0.614 bits per heavy atom. The smallest absolute Gasteiger partial charge is 0.000730 e. The van der Waals surface area contributed by atoms with Gasteiger partial charge in [0.25, 0.3) is 0 Å². The van der Waals surface area contributed by atoms with Crippen LogP contribution in [0.5, 0.6) is 0 Å². The molecule has 0 atom stereocenters. The van der Waals surface area contributed by atoms with Crippen LogP contribution in [0.25, 0.3) is 163 Å². The molecule has 0 unspecified atom stereocenters. The number of benzene rings is 13. The maximum absolute atomic E-state index is 2.58. The number of rotatable bonds is 3. The van der Waals surface area contributed by atoms with Gasteiger partial charge in [-0.15, -0.1) is 0 Å². The van der Waals surface area contributed by atoms with Gasteiger partial charge in [-0.2, -0.15) is 0 Å². The Labute approximate surface area is 406 Å². The van der Waals surface area contributed by atoms with Crippen molar-refractivity contribution in [2.24, 2.45) is 0 Å². The Balaban J connectivity index is 1.10. The molecule has 0 saturated heterocycles. The van der Waals surface area contributed by atoms with Crippen LogP contribution in [0.3, 0.4) is 0 Å². The molecule has 0 amide bonds. The molecule has 15 aromatic rings. The lowest BCUT2D eigenvalue weighted by Crippen LogP contribution is -2.12. The average Bonchev–Trinajstić information content (AvgIpc) is 4.01. The maximum atomic E-state index is 2.58. The van der Waals surface area contributed by atoms with Gasteiger partial charge in [-0.1, -0.05) is 197 Å². The van der Waals surface area contributed by atoms with Crippen LogP contribution in [0.2, 0.25) is 0 Å². The predicted octanol–water partition coefficient (Wildman–Crippen LogP) is 20.1. The third-order valence-corrected chi connectivity index (χ3v) is 16.9. The molecule has 326 valence electrons. The summed E-state index contributed by atoms with van der Waals surface area (Å²) in [6.45, 7) is 11.6. The highest BCUT2D eigenvalue weighted by Crippen LogP contribution is 2.58. The van der Waals surface area contributed by atoms with Crippen molar-refractivity contribution >= 4 is 108 Å². The minimum Gasteiger partial charge on any atom is -0.0620 e. The molecule has 0 nitrogen and oxygen atoms in total. The Hall–Kier alpha value is -8.32. The second-order valence-corrected chi connectivity index (χ2v) is 21.4. The zero-order chi connectivity index (χ0) is 46.5. The fourth-order valence-electron chi connectivity index (χ4n) is 14.0. The van der Waals surface area contributed by atoms with Crippen LogP contribution < -0.4 is 0 Å². The summed E-state index contributed by atoms with van der Waals surface area (Å²) in [6.07, 6.45) is 0. The van der Waals surface area contributed by atoms with Gasteiger partial charge in [0.15, 0.2) is 0 Å². The van der Waals surface area contributed by atoms with Crippen molar-refractivity contribution in [3.8, 4) is 55.6 Å². The van der Waals surface area contributed by atoms with Crippen molar-refractivity contribution in [1.82, 2.24) is 0 Å². The number of hydrogen-bond acceptors (Lipinski definition) is 0. The molecule has 1 aliphatic carbocycles. The third-order valence-electron chi connectivity index (χ3n) is 16.9. The second-order valence-electron chi connectivity index (χ2n) is 21.4. The van der Waals surface area contributed by atoms with Gasteiger partial charge in [0.1, 0.15) is 0 Å². The average molecular weight is 887 g/mol. The Morgan fingerprint density at radius 3 is 1.14 bits per heavy atom. The van der Waals surface area contributed by atoms with Crippen molar-refractivity contribution in [3.63, 3.8) is 0 Å². The number of fused-ring (bicyclic) bond motifs is 12. The van der Waals surface area contributed by atoms with Crippen molar-refractivity contribution in [3.05, 3.63) is 205 Å². The summed E-state index contributed by atoms with van der Waals surface area (Å²) < 4.78 is 0. The van der Waals surface area contributed by atoms with Crippen LogP contribution in [0.15, 0.2) is 188 Å². The van der Waals surface area contributed by atoms with E-state index in [0.29, 0.717) is 0 Å². The lowest BCUT2D eigenvalue weighted by Gasteiger charge is -2.23. The van der Waals surface area contributed by atoms with Gasteiger partial charge in [0.05, 0.1) is 0 Å². The van der Waals surface area contributed by atoms with Gasteiger partial charge in [0.2, 0.25) is 0 Å². The molecule has 0 spiro atoms. The van der Waals surface area contributed by atoms with E-state index < -0.39 is 0 Å². The summed E-state index contributed by atoms with van der Waals surface area (Å²) in [4.78, 5) is 0. The largest absolute Gasteiger partial charge is 0.0620 e. The molecule has 0 radical (unpaired) electrons. The molecule has 1 aliphatic rings. The highest BCUT2D eigenvalue weighted by Gasteiger charge is 2.30. The van der Waals surface area contributed by atoms with Gasteiger partial charge >= 0.3 is 0 Å². The molecule has 70 heavy (non-hydrogen) atoms. The van der Waals surface area contributed by atoms with E-state index in [1.54, 1.807) is 0 Å². The van der Waals surface area contributed by atoms with E-state index >= 15 is 0 Å². The first kappa shape index (κ1) is 38.6. The van der Waals surface area contributed by atoms with E-state index in [1.807, 2.05) is 0 Å². The molecule has 0 heterocycles. The second kappa shape index (κ2) is 13.3. The van der Waals surface area contributed by atoms with Crippen LogP contribution in [0.4, 0.5) is 0 Å². The minimum atomic E-state index is 0.00771. The SMILES string of the molecule is Cc1ccccc1-c1c2cc3c(cc2c(-c2ccccc2C)c2c4ccc5c6ccc7c8c(ccc(c9ccc(c12)c4c95)c86)-c1ccccc1-7)c1ccc(-c2ccccc2C(C)(C)C)c2cccc3c21. The molecule has 0 heteroatoms. The van der Waals surface area contributed by atoms with E-state index in [-0.39, 0.29) is 5.41 Å². The van der Waals surface area contributed by atoms with Crippen LogP contribution in [-0.2, 0) is 5.41 Å². The highest BCUT2D eigenvalue weighted by atomic mass is 14.3. The fraction of sp³-hybridized carbons (Fsp3) is 0.0857. The van der Waals surface area contributed by atoms with Crippen molar-refractivity contribution in [2.75, 3.05) is 0 Å². The lowest BCUT2D eigenvalue weighted by molar-refractivity contribution is 0.592. The summed E-state index contributed by atoms with van der Waals surface area (Å²) >= 11 is 0. The topological polar surface area (TPSA) is 0 Å². The highest BCUT2D eigenvalue weighted by molar-refractivity contribution is 6.47. The van der Waals surface area contributed by atoms with Gasteiger partial charge in [0, 0.05) is 0 Å². The molecular formula is C70H46. The molecule has 0 fully saturated rings. The molecule has 16 rings (SSSR count). The van der Waals surface area contributed by atoms with E-state index in [9.17, 15) is 0 Å². The Kier molecular flexibility index (Phi) is 7.32. The van der Waals surface area contributed by atoms with Crippen molar-refractivity contribution in [2.45, 2.75) is 40.0 Å². The van der Waals surface area contributed by atoms with Gasteiger partial charge in [-0.05, 0) is 211 Å². The molecule has 15 aromatic carbocycles. The first-order valence-corrected chi connectivity index (χ1v) is 25.0. The first-order chi connectivity index (χ1) is 34.2. The van der Waals surface area contributed by atoms with Gasteiger partial charge < -0.3 is 0 Å². The van der Waals surface area contributed by atoms with Crippen molar-refractivity contribution < 1.29 is 0 Å². The molecular weight excluding hydrogens is 841 g/mol. The quantitative estimate of drug-likeness (QED) is 0.122. The zero-order valence-electron chi connectivity index (χ0n) is 39.9. The molecule has 0 aromatic heterocycles. The molecule has 0 bridgehead atoms. The van der Waals surface area contributed by atoms with Crippen LogP contribution in [0, 0.1) is 13.8 Å². The zero-order valence-corrected chi connectivity index (χ0v) is 39.9. The lowest BCUT2D eigenvalue weighted by atomic mass is 9.81. The predicted molar refractivity (Wildman–Crippen MR) is 304 cm³/mol. The fourth-order valence-corrected chi connectivity index (χ4v) is 14.0. The number of hydrogen-bond donors (Lipinski definition) is 0. The molecule has 0 N–H and O–H groups in total. The maximum Gasteiger partial charge on any atom is -0.000730 e. The minimum absolute atomic E-state index is 0.00771. The normalized spacial score (nSPS) is 12.9. The summed E-state index contributed by atoms with van der Waals surface area (Å²) in [5.74, 6) is 0. The summed E-state index contributed by atoms with van der Waals surface area (Å²) in [7, 11) is 0. The van der Waals surface area contributed by atoms with Crippen LogP contribution in [-0.4, -0.2) is 0 Å². The first-order valence-electron chi connectivity index (χ1n) is 25.0. The van der Waals surface area contributed by atoms with E-state index in [1.165, 1.54) is 180 Å². The Bertz CT molecular complexity index is 4570. The third kappa shape index (κ3) is 4.72. The van der Waals surface area contributed by atoms with E-state index in [0.717, 1.165) is 0 Å². The molecule has 0 aliphatic heterocycles. The molecule has 0 saturated carbocycles. The number of aryl methyl sites for hydroxylation is 2. The van der Waals surface area contributed by atoms with Crippen LogP contribution >= 0.6 is 0 Å². The van der Waals surface area contributed by atoms with E-state index in [2.05, 4.69) is 223 Å². The summed E-state index contributed by atoms with van der Waals surface area (Å²) in [5.41, 5.74) is 17.2. The monoisotopic (exact) mass is 886 g/mol. The van der Waals surface area contributed by atoms with E-state index in [4.69, 9.17) is 0 Å². The van der Waals surface area contributed by atoms with Crippen molar-refractivity contribution in [1.29, 1.82) is 0 Å². The standard InChI is InChI=1S/C70H46/c1-37-15-6-8-17-39(37)62-58-35-56-46-23-14-22-45-43(44-21-12-13-24-60(44)70(3,4)5)25-26-53(61(45)46)57(56)36-59(58)63(40-18-9-7-16-38(40)2)69-55-34-32-52-50-30-28-48-42-20-11-10-19-41(42)47-27-29-49(65(50)64(47)48)51-31-33-54(68(62)69)67(55)66(51)52/h6-36H,1-5H3. The van der Waals surface area contributed by atoms with Crippen LogP contribution in [0.1, 0.15) is 37.5 Å². The summed E-state index contributed by atoms with van der Waals surface area (Å²) in [6, 6.07) is 72.7. The van der Waals surface area contributed by atoms with Gasteiger partial charge in [-0.3, -0.25) is 0 Å². The van der Waals surface area contributed by atoms with Gasteiger partial charge in [-0.25, -0.2) is 0 Å². The summed E-state index contributed by atoms with van der Waals surface area (Å²) in [5, 5.41) is 26.8.